The first-order chi connectivity index (χ1) is 12.2. The maximum absolute atomic E-state index is 12.5. The Hall–Kier alpha value is -1.90. The van der Waals surface area contributed by atoms with Crippen molar-refractivity contribution in [1.82, 2.24) is 10.6 Å². The number of rotatable bonds is 8. The number of hydrogen-bond acceptors (Lipinski definition) is 5. The Balaban J connectivity index is 0.00000364. The van der Waals surface area contributed by atoms with Crippen LogP contribution in [0.5, 0.6) is 0 Å². The van der Waals surface area contributed by atoms with Crippen LogP contribution in [-0.4, -0.2) is 35.4 Å². The Kier molecular flexibility index (Phi) is 8.46. The number of benzene rings is 1. The molecular formula is C17H24Cl2N4O4. The van der Waals surface area contributed by atoms with Gasteiger partial charge in [-0.3, -0.25) is 19.7 Å². The summed E-state index contributed by atoms with van der Waals surface area (Å²) in [4.78, 5) is 35.0. The molecule has 1 aliphatic rings. The molecule has 0 bridgehead atoms. The third kappa shape index (κ3) is 6.34. The van der Waals surface area contributed by atoms with Crippen LogP contribution in [0, 0.1) is 22.0 Å². The zero-order valence-electron chi connectivity index (χ0n) is 15.1. The van der Waals surface area contributed by atoms with Gasteiger partial charge in [-0.1, -0.05) is 25.4 Å². The van der Waals surface area contributed by atoms with Crippen LogP contribution < -0.4 is 16.4 Å². The van der Waals surface area contributed by atoms with Gasteiger partial charge in [0.1, 0.15) is 6.04 Å². The third-order valence-corrected chi connectivity index (χ3v) is 4.70. The maximum atomic E-state index is 12.5. The quantitative estimate of drug-likeness (QED) is 0.440. The lowest BCUT2D eigenvalue weighted by Gasteiger charge is -2.23. The molecule has 10 heteroatoms. The average molecular weight is 419 g/mol. The van der Waals surface area contributed by atoms with Crippen LogP contribution >= 0.6 is 24.0 Å². The first kappa shape index (κ1) is 23.1. The fourth-order valence-electron chi connectivity index (χ4n) is 2.58. The molecule has 2 unspecified atom stereocenters. The van der Waals surface area contributed by atoms with Gasteiger partial charge in [-0.2, -0.15) is 0 Å². The molecule has 0 saturated heterocycles. The Morgan fingerprint density at radius 2 is 2.00 bits per heavy atom. The highest BCUT2D eigenvalue weighted by Gasteiger charge is 2.30. The molecule has 1 saturated carbocycles. The summed E-state index contributed by atoms with van der Waals surface area (Å²) in [5.74, 6) is -0.582. The smallest absolute Gasteiger partial charge is 0.270 e. The van der Waals surface area contributed by atoms with E-state index in [2.05, 4.69) is 10.6 Å². The summed E-state index contributed by atoms with van der Waals surface area (Å²) < 4.78 is 0. The second kappa shape index (κ2) is 9.87. The van der Waals surface area contributed by atoms with Gasteiger partial charge in [-0.25, -0.2) is 0 Å². The Bertz CT molecular complexity index is 710. The van der Waals surface area contributed by atoms with Crippen molar-refractivity contribution in [2.75, 3.05) is 6.54 Å². The van der Waals surface area contributed by atoms with Gasteiger partial charge in [-0.15, -0.1) is 12.4 Å². The van der Waals surface area contributed by atoms with E-state index in [1.807, 2.05) is 13.8 Å². The SMILES string of the molecule is CC(C)C(NC(=O)c1ccc([N+](=O)[O-])cc1Cl)C(=O)NCC(N)C1CC1.Cl. The van der Waals surface area contributed by atoms with Gasteiger partial charge in [0.05, 0.1) is 15.5 Å². The van der Waals surface area contributed by atoms with E-state index in [0.29, 0.717) is 12.5 Å². The summed E-state index contributed by atoms with van der Waals surface area (Å²) >= 11 is 5.97. The summed E-state index contributed by atoms with van der Waals surface area (Å²) in [6.07, 6.45) is 2.17. The number of carbonyl (C=O) groups is 2. The van der Waals surface area contributed by atoms with Crippen LogP contribution in [0.15, 0.2) is 18.2 Å². The van der Waals surface area contributed by atoms with Gasteiger partial charge in [-0.05, 0) is 30.7 Å². The molecule has 0 heterocycles. The summed E-state index contributed by atoms with van der Waals surface area (Å²) in [6, 6.07) is 2.73. The Morgan fingerprint density at radius 3 is 2.48 bits per heavy atom. The fraction of sp³-hybridized carbons (Fsp3) is 0.529. The summed E-state index contributed by atoms with van der Waals surface area (Å²) in [6.45, 7) is 3.98. The largest absolute Gasteiger partial charge is 0.353 e. The monoisotopic (exact) mass is 418 g/mol. The van der Waals surface area contributed by atoms with Crippen LogP contribution in [0.3, 0.4) is 0 Å². The van der Waals surface area contributed by atoms with E-state index in [0.717, 1.165) is 18.9 Å². The molecule has 0 aliphatic heterocycles. The lowest BCUT2D eigenvalue weighted by molar-refractivity contribution is -0.384. The average Bonchev–Trinajstić information content (AvgIpc) is 3.41. The molecule has 150 valence electrons. The number of nitrogens with zero attached hydrogens (tertiary/aromatic N) is 1. The van der Waals surface area contributed by atoms with Crippen LogP contribution in [0.4, 0.5) is 5.69 Å². The number of nitrogens with two attached hydrogens (primary N) is 1. The van der Waals surface area contributed by atoms with E-state index < -0.39 is 16.9 Å². The molecule has 2 rings (SSSR count). The number of nitro benzene ring substituents is 1. The predicted molar refractivity (Wildman–Crippen MR) is 105 cm³/mol. The highest BCUT2D eigenvalue weighted by atomic mass is 35.5. The molecule has 0 spiro atoms. The van der Waals surface area contributed by atoms with E-state index in [1.165, 1.54) is 12.1 Å². The van der Waals surface area contributed by atoms with Crippen LogP contribution in [0.1, 0.15) is 37.0 Å². The van der Waals surface area contributed by atoms with Gasteiger partial charge < -0.3 is 16.4 Å². The van der Waals surface area contributed by atoms with E-state index in [4.69, 9.17) is 17.3 Å². The molecule has 1 fully saturated rings. The van der Waals surface area contributed by atoms with Crippen molar-refractivity contribution in [2.24, 2.45) is 17.6 Å². The second-order valence-corrected chi connectivity index (χ2v) is 7.27. The Morgan fingerprint density at radius 1 is 1.37 bits per heavy atom. The highest BCUT2D eigenvalue weighted by Crippen LogP contribution is 2.31. The normalized spacial score (nSPS) is 15.4. The number of hydrogen-bond donors (Lipinski definition) is 3. The zero-order chi connectivity index (χ0) is 19.4. The summed E-state index contributed by atoms with van der Waals surface area (Å²) in [5, 5.41) is 16.1. The van der Waals surface area contributed by atoms with Crippen molar-refractivity contribution in [1.29, 1.82) is 0 Å². The topological polar surface area (TPSA) is 127 Å². The molecule has 8 nitrogen and oxygen atoms in total. The van der Waals surface area contributed by atoms with E-state index in [1.54, 1.807) is 0 Å². The summed E-state index contributed by atoms with van der Waals surface area (Å²) in [5.41, 5.74) is 5.84. The molecule has 4 N–H and O–H groups in total. The molecule has 0 aromatic heterocycles. The van der Waals surface area contributed by atoms with Crippen LogP contribution in [0.25, 0.3) is 0 Å². The number of halogens is 2. The van der Waals surface area contributed by atoms with Crippen molar-refractivity contribution in [3.63, 3.8) is 0 Å². The minimum absolute atomic E-state index is 0. The van der Waals surface area contributed by atoms with Crippen molar-refractivity contribution >= 4 is 41.5 Å². The van der Waals surface area contributed by atoms with E-state index >= 15 is 0 Å². The molecule has 2 amide bonds. The van der Waals surface area contributed by atoms with Crippen LogP contribution in [0.2, 0.25) is 5.02 Å². The van der Waals surface area contributed by atoms with Gasteiger partial charge in [0.15, 0.2) is 0 Å². The predicted octanol–water partition coefficient (Wildman–Crippen LogP) is 2.28. The lowest BCUT2D eigenvalue weighted by Crippen LogP contribution is -2.52. The molecule has 1 aliphatic carbocycles. The first-order valence-electron chi connectivity index (χ1n) is 8.48. The van der Waals surface area contributed by atoms with Crippen molar-refractivity contribution in [3.05, 3.63) is 38.9 Å². The van der Waals surface area contributed by atoms with Gasteiger partial charge >= 0.3 is 0 Å². The number of nitro groups is 1. The van der Waals surface area contributed by atoms with Gasteiger partial charge in [0.25, 0.3) is 11.6 Å². The standard InChI is InChI=1S/C17H23ClN4O4.ClH/c1-9(2)15(17(24)20-8-14(19)10-3-4-10)21-16(23)12-6-5-11(22(25)26)7-13(12)18;/h5-7,9-10,14-15H,3-4,8,19H2,1-2H3,(H,20,24)(H,21,23);1H. The van der Waals surface area contributed by atoms with Crippen molar-refractivity contribution in [3.8, 4) is 0 Å². The third-order valence-electron chi connectivity index (χ3n) is 4.38. The minimum atomic E-state index is -0.764. The van der Waals surface area contributed by atoms with Crippen molar-refractivity contribution in [2.45, 2.75) is 38.8 Å². The number of carbonyl (C=O) groups excluding carboxylic acids is 2. The van der Waals surface area contributed by atoms with E-state index in [9.17, 15) is 19.7 Å². The molecule has 0 radical (unpaired) electrons. The highest BCUT2D eigenvalue weighted by molar-refractivity contribution is 6.34. The lowest BCUT2D eigenvalue weighted by atomic mass is 10.0. The van der Waals surface area contributed by atoms with Gasteiger partial charge in [0.2, 0.25) is 5.91 Å². The van der Waals surface area contributed by atoms with Crippen LogP contribution in [-0.2, 0) is 4.79 Å². The van der Waals surface area contributed by atoms with Crippen molar-refractivity contribution < 1.29 is 14.5 Å². The van der Waals surface area contributed by atoms with E-state index in [-0.39, 0.29) is 46.5 Å². The molecule has 1 aromatic rings. The molecule has 2 atom stereocenters. The maximum Gasteiger partial charge on any atom is 0.270 e. The second-order valence-electron chi connectivity index (χ2n) is 6.86. The zero-order valence-corrected chi connectivity index (χ0v) is 16.7. The minimum Gasteiger partial charge on any atom is -0.353 e. The van der Waals surface area contributed by atoms with Gasteiger partial charge in [0, 0.05) is 24.7 Å². The fourth-order valence-corrected chi connectivity index (χ4v) is 2.84. The number of nitrogens with one attached hydrogen (secondary N) is 2. The Labute approximate surface area is 168 Å². The first-order valence-corrected chi connectivity index (χ1v) is 8.86. The summed E-state index contributed by atoms with van der Waals surface area (Å²) in [7, 11) is 0. The molecule has 27 heavy (non-hydrogen) atoms. The molecular weight excluding hydrogens is 395 g/mol. The molecule has 1 aromatic carbocycles. The number of amides is 2. The number of non-ortho nitro benzene ring substituents is 1.